The number of alkyl halides is 3. The summed E-state index contributed by atoms with van der Waals surface area (Å²) in [7, 11) is 2.89. The zero-order chi connectivity index (χ0) is 34.1. The highest BCUT2D eigenvalue weighted by atomic mass is 19.4. The Hall–Kier alpha value is -5.20. The maximum Gasteiger partial charge on any atom is 0.417 e. The van der Waals surface area contributed by atoms with Gasteiger partial charge in [0.15, 0.2) is 5.41 Å². The van der Waals surface area contributed by atoms with Crippen LogP contribution in [-0.4, -0.2) is 68.3 Å². The molecule has 0 aromatic heterocycles. The Labute approximate surface area is 264 Å². The van der Waals surface area contributed by atoms with Crippen LogP contribution in [0, 0.1) is 0 Å². The van der Waals surface area contributed by atoms with Crippen molar-refractivity contribution in [1.82, 2.24) is 15.5 Å². The number of benzene rings is 3. The molecule has 0 saturated heterocycles. The Balaban J connectivity index is 1.90. The molecule has 0 bridgehead atoms. The van der Waals surface area contributed by atoms with Gasteiger partial charge in [-0.3, -0.25) is 24.0 Å². The van der Waals surface area contributed by atoms with Gasteiger partial charge in [-0.05, 0) is 49.2 Å². The van der Waals surface area contributed by atoms with E-state index in [0.717, 1.165) is 18.2 Å². The Morgan fingerprint density at radius 2 is 1.37 bits per heavy atom. The lowest BCUT2D eigenvalue weighted by Gasteiger charge is -2.31. The number of amides is 4. The summed E-state index contributed by atoms with van der Waals surface area (Å²) in [6.45, 7) is 3.18. The molecule has 0 fully saturated rings. The number of hydrogen-bond acceptors (Lipinski definition) is 6. The first-order chi connectivity index (χ1) is 21.8. The molecular formula is C33H35F3N4O6. The first kappa shape index (κ1) is 35.3. The van der Waals surface area contributed by atoms with Crippen LogP contribution in [0.2, 0.25) is 0 Å². The number of rotatable bonds is 12. The second-order valence-corrected chi connectivity index (χ2v) is 10.4. The first-order valence-corrected chi connectivity index (χ1v) is 14.4. The number of anilines is 1. The van der Waals surface area contributed by atoms with E-state index in [0.29, 0.717) is 5.56 Å². The Bertz CT molecular complexity index is 1570. The van der Waals surface area contributed by atoms with Crippen molar-refractivity contribution in [3.05, 3.63) is 101 Å². The van der Waals surface area contributed by atoms with Crippen LogP contribution in [0.5, 0.6) is 0 Å². The minimum atomic E-state index is -4.78. The minimum absolute atomic E-state index is 0.0756. The molecule has 3 aromatic rings. The molecule has 0 heterocycles. The van der Waals surface area contributed by atoms with E-state index in [9.17, 15) is 37.1 Å². The van der Waals surface area contributed by atoms with Crippen LogP contribution >= 0.6 is 0 Å². The third-order valence-corrected chi connectivity index (χ3v) is 6.96. The minimum Gasteiger partial charge on any atom is -0.463 e. The molecule has 244 valence electrons. The molecule has 3 N–H and O–H groups in total. The van der Waals surface area contributed by atoms with Gasteiger partial charge >= 0.3 is 12.1 Å². The fourth-order valence-electron chi connectivity index (χ4n) is 4.68. The van der Waals surface area contributed by atoms with Gasteiger partial charge < -0.3 is 25.6 Å². The summed E-state index contributed by atoms with van der Waals surface area (Å²) in [5.74, 6) is -3.82. The monoisotopic (exact) mass is 640 g/mol. The van der Waals surface area contributed by atoms with Crippen LogP contribution in [0.1, 0.15) is 51.3 Å². The molecular weight excluding hydrogens is 605 g/mol. The van der Waals surface area contributed by atoms with Crippen LogP contribution in [0.4, 0.5) is 18.9 Å². The van der Waals surface area contributed by atoms with Crippen molar-refractivity contribution >= 4 is 35.3 Å². The summed E-state index contributed by atoms with van der Waals surface area (Å²) in [5, 5.41) is 7.66. The van der Waals surface area contributed by atoms with Gasteiger partial charge in [0, 0.05) is 27.2 Å². The highest BCUT2D eigenvalue weighted by Gasteiger charge is 2.48. The van der Waals surface area contributed by atoms with Crippen LogP contribution in [0.15, 0.2) is 72.8 Å². The molecule has 0 atom stereocenters. The SMILES string of the molecule is CCNC(=O)C(COC(=O)Cc1ccc(NC(=O)c2ccccc2C(F)(F)F)c(C(=O)N(C)C)c1)(C(=O)NCC)c1ccccc1. The standard InChI is InChI=1S/C33H35F3N4O6/c1-5-37-30(44)32(31(45)38-6-2,22-12-8-7-9-13-22)20-46-27(41)19-21-16-17-26(24(18-21)29(43)40(3)4)39-28(42)23-14-10-11-15-25(23)33(34,35)36/h7-18H,5-6,19-20H2,1-4H3,(H,37,44)(H,38,45)(H,39,42). The van der Waals surface area contributed by atoms with E-state index in [1.54, 1.807) is 44.2 Å². The molecule has 10 nitrogen and oxygen atoms in total. The summed E-state index contributed by atoms with van der Waals surface area (Å²) in [6.07, 6.45) is -5.18. The van der Waals surface area contributed by atoms with Crippen molar-refractivity contribution < 1.29 is 41.9 Å². The molecule has 0 aliphatic rings. The molecule has 3 aromatic carbocycles. The molecule has 46 heavy (non-hydrogen) atoms. The predicted molar refractivity (Wildman–Crippen MR) is 164 cm³/mol. The molecule has 0 unspecified atom stereocenters. The maximum absolute atomic E-state index is 13.5. The summed E-state index contributed by atoms with van der Waals surface area (Å²) in [4.78, 5) is 66.9. The van der Waals surface area contributed by atoms with Gasteiger partial charge in [-0.2, -0.15) is 13.2 Å². The number of nitrogens with one attached hydrogen (secondary N) is 3. The van der Waals surface area contributed by atoms with Crippen LogP contribution in [0.3, 0.4) is 0 Å². The van der Waals surface area contributed by atoms with Gasteiger partial charge in [-0.15, -0.1) is 0 Å². The predicted octanol–water partition coefficient (Wildman–Crippen LogP) is 3.96. The number of likely N-dealkylation sites (N-methyl/N-ethyl adjacent to an activating group) is 2. The summed E-state index contributed by atoms with van der Waals surface area (Å²) in [5.41, 5.74) is -3.25. The van der Waals surface area contributed by atoms with Gasteiger partial charge in [0.25, 0.3) is 11.8 Å². The zero-order valence-electron chi connectivity index (χ0n) is 25.8. The number of hydrogen-bond donors (Lipinski definition) is 3. The van der Waals surface area contributed by atoms with Gasteiger partial charge in [0.1, 0.15) is 6.61 Å². The quantitative estimate of drug-likeness (QED) is 0.203. The lowest BCUT2D eigenvalue weighted by molar-refractivity contribution is -0.150. The molecule has 4 amide bonds. The van der Waals surface area contributed by atoms with Gasteiger partial charge in [-0.25, -0.2) is 0 Å². The van der Waals surface area contributed by atoms with E-state index < -0.39 is 65.3 Å². The molecule has 3 rings (SSSR count). The van der Waals surface area contributed by atoms with E-state index in [-0.39, 0.29) is 29.9 Å². The fourth-order valence-corrected chi connectivity index (χ4v) is 4.68. The zero-order valence-corrected chi connectivity index (χ0v) is 25.8. The lowest BCUT2D eigenvalue weighted by Crippen LogP contribution is -2.57. The average molecular weight is 641 g/mol. The number of esters is 1. The van der Waals surface area contributed by atoms with Crippen molar-refractivity contribution in [3.63, 3.8) is 0 Å². The van der Waals surface area contributed by atoms with Crippen LogP contribution in [-0.2, 0) is 37.1 Å². The van der Waals surface area contributed by atoms with Crippen molar-refractivity contribution in [2.45, 2.75) is 31.9 Å². The third-order valence-electron chi connectivity index (χ3n) is 6.96. The topological polar surface area (TPSA) is 134 Å². The van der Waals surface area contributed by atoms with Gasteiger partial charge in [0.2, 0.25) is 11.8 Å². The second-order valence-electron chi connectivity index (χ2n) is 10.4. The molecule has 0 saturated carbocycles. The van der Waals surface area contributed by atoms with Crippen LogP contribution < -0.4 is 16.0 Å². The van der Waals surface area contributed by atoms with Gasteiger partial charge in [0.05, 0.1) is 28.8 Å². The smallest absolute Gasteiger partial charge is 0.417 e. The highest BCUT2D eigenvalue weighted by Crippen LogP contribution is 2.33. The van der Waals surface area contributed by atoms with E-state index in [4.69, 9.17) is 4.74 Å². The Morgan fingerprint density at radius 1 is 0.783 bits per heavy atom. The molecule has 13 heteroatoms. The Kier molecular flexibility index (Phi) is 11.7. The first-order valence-electron chi connectivity index (χ1n) is 14.4. The van der Waals surface area contributed by atoms with E-state index >= 15 is 0 Å². The van der Waals surface area contributed by atoms with Crippen molar-refractivity contribution in [2.75, 3.05) is 39.1 Å². The molecule has 0 radical (unpaired) electrons. The van der Waals surface area contributed by atoms with Gasteiger partial charge in [-0.1, -0.05) is 48.5 Å². The maximum atomic E-state index is 13.5. The number of nitrogens with zero attached hydrogens (tertiary/aromatic N) is 1. The summed E-state index contributed by atoms with van der Waals surface area (Å²) >= 11 is 0. The van der Waals surface area contributed by atoms with Crippen molar-refractivity contribution in [1.29, 1.82) is 0 Å². The lowest BCUT2D eigenvalue weighted by atomic mass is 9.79. The average Bonchev–Trinajstić information content (AvgIpc) is 3.02. The van der Waals surface area contributed by atoms with E-state index in [1.165, 1.54) is 43.3 Å². The molecule has 0 aliphatic heterocycles. The number of ether oxygens (including phenoxy) is 1. The second kappa shape index (κ2) is 15.2. The van der Waals surface area contributed by atoms with Crippen molar-refractivity contribution in [2.24, 2.45) is 0 Å². The molecule has 0 spiro atoms. The molecule has 0 aliphatic carbocycles. The normalized spacial score (nSPS) is 11.3. The van der Waals surface area contributed by atoms with Crippen molar-refractivity contribution in [3.8, 4) is 0 Å². The Morgan fingerprint density at radius 3 is 1.93 bits per heavy atom. The number of carbonyl (C=O) groups excluding carboxylic acids is 5. The van der Waals surface area contributed by atoms with E-state index in [1.807, 2.05) is 0 Å². The summed E-state index contributed by atoms with van der Waals surface area (Å²) in [6, 6.07) is 16.4. The number of halogens is 3. The largest absolute Gasteiger partial charge is 0.463 e. The van der Waals surface area contributed by atoms with E-state index in [2.05, 4.69) is 16.0 Å². The highest BCUT2D eigenvalue weighted by molar-refractivity contribution is 6.11. The summed E-state index contributed by atoms with van der Waals surface area (Å²) < 4.78 is 46.0. The number of carbonyl (C=O) groups is 5. The third kappa shape index (κ3) is 8.09. The van der Waals surface area contributed by atoms with Crippen LogP contribution in [0.25, 0.3) is 0 Å². The fraction of sp³-hybridized carbons (Fsp3) is 0.303.